The molecule has 0 bridgehead atoms. The van der Waals surface area contributed by atoms with Crippen molar-refractivity contribution >= 4 is 17.5 Å². The molecule has 0 aliphatic carbocycles. The lowest BCUT2D eigenvalue weighted by molar-refractivity contribution is 0.389. The molecule has 2 rings (SSSR count). The molecule has 0 atom stereocenters. The molecule has 0 unspecified atom stereocenters. The van der Waals surface area contributed by atoms with Gasteiger partial charge in [-0.3, -0.25) is 0 Å². The van der Waals surface area contributed by atoms with E-state index in [0.29, 0.717) is 5.75 Å². The predicted octanol–water partition coefficient (Wildman–Crippen LogP) is 2.65. The van der Waals surface area contributed by atoms with Crippen LogP contribution in [0.3, 0.4) is 0 Å². The van der Waals surface area contributed by atoms with Crippen molar-refractivity contribution in [1.82, 2.24) is 9.97 Å². The molecule has 18 heavy (non-hydrogen) atoms. The van der Waals surface area contributed by atoms with Gasteiger partial charge in [-0.1, -0.05) is 11.6 Å². The highest BCUT2D eigenvalue weighted by Gasteiger charge is 2.07. The average molecular weight is 270 g/mol. The van der Waals surface area contributed by atoms with Gasteiger partial charge < -0.3 is 15.2 Å². The average Bonchev–Trinajstić information content (AvgIpc) is 2.33. The number of benzene rings is 1. The largest absolute Gasteiger partial charge is 0.481 e. The zero-order valence-corrected chi connectivity index (χ0v) is 10.1. The highest BCUT2D eigenvalue weighted by molar-refractivity contribution is 6.30. The van der Waals surface area contributed by atoms with Crippen LogP contribution in [0.5, 0.6) is 17.5 Å². The van der Waals surface area contributed by atoms with Gasteiger partial charge in [0, 0.05) is 6.07 Å². The number of hydrogen-bond donors (Lipinski definition) is 1. The first-order valence-corrected chi connectivity index (χ1v) is 5.28. The zero-order chi connectivity index (χ0) is 13.1. The van der Waals surface area contributed by atoms with Crippen molar-refractivity contribution in [2.45, 2.75) is 0 Å². The van der Waals surface area contributed by atoms with E-state index >= 15 is 0 Å². The minimum atomic E-state index is -0.524. The Bertz CT molecular complexity index is 580. The number of ether oxygens (including phenoxy) is 2. The number of anilines is 1. The molecule has 0 spiro atoms. The van der Waals surface area contributed by atoms with Crippen molar-refractivity contribution < 1.29 is 13.9 Å². The topological polar surface area (TPSA) is 70.3 Å². The third kappa shape index (κ3) is 2.78. The number of nitrogen functional groups attached to an aromatic ring is 1. The molecule has 1 heterocycles. The second-order valence-electron chi connectivity index (χ2n) is 3.28. The molecule has 0 saturated carbocycles. The number of nitrogens with two attached hydrogens (primary N) is 1. The van der Waals surface area contributed by atoms with Crippen molar-refractivity contribution in [2.24, 2.45) is 0 Å². The number of halogens is 2. The zero-order valence-electron chi connectivity index (χ0n) is 9.35. The summed E-state index contributed by atoms with van der Waals surface area (Å²) in [6, 6.07) is 5.40. The number of hydrogen-bond acceptors (Lipinski definition) is 5. The van der Waals surface area contributed by atoms with Crippen molar-refractivity contribution in [3.8, 4) is 17.5 Å². The van der Waals surface area contributed by atoms with Crippen molar-refractivity contribution in [1.29, 1.82) is 0 Å². The number of nitrogens with zero attached hydrogens (tertiary/aromatic N) is 2. The van der Waals surface area contributed by atoms with Gasteiger partial charge in [-0.05, 0) is 12.1 Å². The Labute approximate surface area is 107 Å². The van der Waals surface area contributed by atoms with E-state index in [4.69, 9.17) is 26.8 Å². The Morgan fingerprint density at radius 1 is 1.22 bits per heavy atom. The van der Waals surface area contributed by atoms with Gasteiger partial charge in [-0.15, -0.1) is 0 Å². The standard InChI is InChI=1S/C11H9ClFN3O2/c1-17-9-5-10(16-11(14)15-9)18-6-2-3-8(13)7(12)4-6/h2-5H,1H3,(H2,14,15,16). The van der Waals surface area contributed by atoms with Crippen LogP contribution in [-0.4, -0.2) is 17.1 Å². The van der Waals surface area contributed by atoms with Crippen molar-refractivity contribution in [2.75, 3.05) is 12.8 Å². The van der Waals surface area contributed by atoms with Crippen LogP contribution < -0.4 is 15.2 Å². The lowest BCUT2D eigenvalue weighted by atomic mass is 10.3. The molecule has 5 nitrogen and oxygen atoms in total. The van der Waals surface area contributed by atoms with E-state index in [2.05, 4.69) is 9.97 Å². The first-order chi connectivity index (χ1) is 8.58. The van der Waals surface area contributed by atoms with E-state index in [-0.39, 0.29) is 22.7 Å². The number of methoxy groups -OCH3 is 1. The Kier molecular flexibility index (Phi) is 3.47. The summed E-state index contributed by atoms with van der Waals surface area (Å²) in [4.78, 5) is 7.66. The molecule has 7 heteroatoms. The minimum Gasteiger partial charge on any atom is -0.481 e. The third-order valence-corrected chi connectivity index (χ3v) is 2.31. The SMILES string of the molecule is COc1cc(Oc2ccc(F)c(Cl)c2)nc(N)n1. The minimum absolute atomic E-state index is 0.0116. The fourth-order valence-electron chi connectivity index (χ4n) is 1.24. The maximum atomic E-state index is 13.0. The van der Waals surface area contributed by atoms with Crippen LogP contribution in [0.15, 0.2) is 24.3 Å². The second kappa shape index (κ2) is 5.05. The first kappa shape index (κ1) is 12.4. The molecule has 1 aromatic carbocycles. The predicted molar refractivity (Wildman–Crippen MR) is 64.5 cm³/mol. The van der Waals surface area contributed by atoms with Gasteiger partial charge in [0.15, 0.2) is 0 Å². The van der Waals surface area contributed by atoms with Gasteiger partial charge >= 0.3 is 0 Å². The van der Waals surface area contributed by atoms with Gasteiger partial charge in [0.1, 0.15) is 11.6 Å². The molecule has 0 fully saturated rings. The summed E-state index contributed by atoms with van der Waals surface area (Å²) in [7, 11) is 1.44. The van der Waals surface area contributed by atoms with Crippen LogP contribution >= 0.6 is 11.6 Å². The monoisotopic (exact) mass is 269 g/mol. The van der Waals surface area contributed by atoms with Gasteiger partial charge in [0.2, 0.25) is 17.7 Å². The van der Waals surface area contributed by atoms with Crippen LogP contribution in [0.4, 0.5) is 10.3 Å². The molecular weight excluding hydrogens is 261 g/mol. The molecule has 0 aliphatic rings. The molecule has 94 valence electrons. The molecule has 1 aromatic heterocycles. The first-order valence-electron chi connectivity index (χ1n) is 4.90. The van der Waals surface area contributed by atoms with E-state index in [1.165, 1.54) is 31.4 Å². The maximum absolute atomic E-state index is 13.0. The van der Waals surface area contributed by atoms with Crippen molar-refractivity contribution in [3.63, 3.8) is 0 Å². The molecule has 2 aromatic rings. The van der Waals surface area contributed by atoms with Crippen LogP contribution in [0.25, 0.3) is 0 Å². The maximum Gasteiger partial charge on any atom is 0.227 e. The molecular formula is C11H9ClFN3O2. The lowest BCUT2D eigenvalue weighted by Gasteiger charge is -2.07. The highest BCUT2D eigenvalue weighted by atomic mass is 35.5. The summed E-state index contributed by atoms with van der Waals surface area (Å²) >= 11 is 5.63. The summed E-state index contributed by atoms with van der Waals surface area (Å²) in [5, 5.41) is -0.0403. The summed E-state index contributed by atoms with van der Waals surface area (Å²) in [6.07, 6.45) is 0. The Morgan fingerprint density at radius 2 is 1.94 bits per heavy atom. The van der Waals surface area contributed by atoms with Gasteiger partial charge in [0.05, 0.1) is 18.2 Å². The normalized spacial score (nSPS) is 10.2. The van der Waals surface area contributed by atoms with E-state index in [0.717, 1.165) is 0 Å². The summed E-state index contributed by atoms with van der Waals surface area (Å²) < 4.78 is 23.3. The van der Waals surface area contributed by atoms with Crippen LogP contribution in [0, 0.1) is 5.82 Å². The van der Waals surface area contributed by atoms with E-state index < -0.39 is 5.82 Å². The Balaban J connectivity index is 2.27. The quantitative estimate of drug-likeness (QED) is 0.927. The highest BCUT2D eigenvalue weighted by Crippen LogP contribution is 2.26. The smallest absolute Gasteiger partial charge is 0.227 e. The summed E-state index contributed by atoms with van der Waals surface area (Å²) in [5.74, 6) is 0.274. The fraction of sp³-hybridized carbons (Fsp3) is 0.0909. The van der Waals surface area contributed by atoms with Crippen LogP contribution in [-0.2, 0) is 0 Å². The van der Waals surface area contributed by atoms with Crippen LogP contribution in [0.2, 0.25) is 5.02 Å². The number of rotatable bonds is 3. The molecule has 2 N–H and O–H groups in total. The fourth-order valence-corrected chi connectivity index (χ4v) is 1.41. The Hall–Kier alpha value is -2.08. The van der Waals surface area contributed by atoms with Crippen LogP contribution in [0.1, 0.15) is 0 Å². The Morgan fingerprint density at radius 3 is 2.61 bits per heavy atom. The second-order valence-corrected chi connectivity index (χ2v) is 3.69. The van der Waals surface area contributed by atoms with E-state index in [1.54, 1.807) is 0 Å². The molecule has 0 saturated heterocycles. The summed E-state index contributed by atoms with van der Waals surface area (Å²) in [5.41, 5.74) is 5.47. The van der Waals surface area contributed by atoms with E-state index in [9.17, 15) is 4.39 Å². The van der Waals surface area contributed by atoms with Gasteiger partial charge in [-0.2, -0.15) is 9.97 Å². The summed E-state index contributed by atoms with van der Waals surface area (Å²) in [6.45, 7) is 0. The lowest BCUT2D eigenvalue weighted by Crippen LogP contribution is -1.99. The molecule has 0 amide bonds. The molecule has 0 aliphatic heterocycles. The molecule has 0 radical (unpaired) electrons. The third-order valence-electron chi connectivity index (χ3n) is 2.02. The van der Waals surface area contributed by atoms with Gasteiger partial charge in [-0.25, -0.2) is 4.39 Å². The number of aromatic nitrogens is 2. The van der Waals surface area contributed by atoms with E-state index in [1.807, 2.05) is 0 Å². The van der Waals surface area contributed by atoms with Gasteiger partial charge in [0.25, 0.3) is 0 Å². The van der Waals surface area contributed by atoms with Crippen molar-refractivity contribution in [3.05, 3.63) is 35.1 Å².